The molecule has 0 aliphatic carbocycles. The van der Waals surface area contributed by atoms with Gasteiger partial charge in [-0.05, 0) is 70.9 Å². The highest BCUT2D eigenvalue weighted by Crippen LogP contribution is 2.37. The number of benzene rings is 1. The second kappa shape index (κ2) is 10.5. The summed E-state index contributed by atoms with van der Waals surface area (Å²) in [6.45, 7) is 13.8. The second-order valence-corrected chi connectivity index (χ2v) is 19.5. The molecule has 0 atom stereocenters. The van der Waals surface area contributed by atoms with Gasteiger partial charge in [0.2, 0.25) is 5.28 Å². The Morgan fingerprint density at radius 1 is 1.22 bits per heavy atom. The largest absolute Gasteiger partial charge is 0.412 e. The summed E-state index contributed by atoms with van der Waals surface area (Å²) in [6.07, 6.45) is 3.38. The lowest BCUT2D eigenvalue weighted by molar-refractivity contribution is 0.279. The number of hydrogen-bond acceptors (Lipinski definition) is 8. The van der Waals surface area contributed by atoms with Gasteiger partial charge in [0.15, 0.2) is 14.0 Å². The molecular weight excluding hydrogens is 661 g/mol. The van der Waals surface area contributed by atoms with Crippen LogP contribution in [0.3, 0.4) is 0 Å². The molecular formula is C24H29ClIN5O3S2Si. The van der Waals surface area contributed by atoms with E-state index in [4.69, 9.17) is 16.0 Å². The van der Waals surface area contributed by atoms with E-state index < -0.39 is 18.3 Å². The van der Waals surface area contributed by atoms with Gasteiger partial charge in [-0.1, -0.05) is 39.0 Å². The summed E-state index contributed by atoms with van der Waals surface area (Å²) in [5.74, 6) is 0.451. The van der Waals surface area contributed by atoms with Crippen LogP contribution in [0.1, 0.15) is 36.2 Å². The standard InChI is InChI=1S/C24H29ClIN5O3S2Si/c1-15-9-7-8-10-18(15)36(32,33)31-13-17(26)20-21(29-23(25)30-22(20)31)28-12-19-27-11-16(35-19)14-34-37(5,6)24(2,3)4/h7-11,13H,12,14H2,1-6H3,(H,28,29,30). The molecule has 0 amide bonds. The van der Waals surface area contributed by atoms with Gasteiger partial charge in [0.25, 0.3) is 10.0 Å². The Labute approximate surface area is 241 Å². The van der Waals surface area contributed by atoms with Crippen LogP contribution >= 0.6 is 45.5 Å². The number of anilines is 1. The van der Waals surface area contributed by atoms with E-state index in [1.807, 2.05) is 6.20 Å². The molecule has 0 fully saturated rings. The number of rotatable bonds is 8. The van der Waals surface area contributed by atoms with Crippen LogP contribution in [0, 0.1) is 10.5 Å². The van der Waals surface area contributed by atoms with Crippen molar-refractivity contribution >= 4 is 80.7 Å². The molecule has 1 N–H and O–H groups in total. The van der Waals surface area contributed by atoms with Gasteiger partial charge in [0.1, 0.15) is 10.8 Å². The Bertz CT molecular complexity index is 1560. The molecule has 13 heteroatoms. The first-order valence-electron chi connectivity index (χ1n) is 11.6. The van der Waals surface area contributed by atoms with Gasteiger partial charge in [0, 0.05) is 20.8 Å². The van der Waals surface area contributed by atoms with Crippen molar-refractivity contribution < 1.29 is 12.8 Å². The zero-order valence-electron chi connectivity index (χ0n) is 21.5. The van der Waals surface area contributed by atoms with Gasteiger partial charge >= 0.3 is 0 Å². The van der Waals surface area contributed by atoms with E-state index in [0.717, 1.165) is 9.88 Å². The molecule has 3 aromatic heterocycles. The van der Waals surface area contributed by atoms with Gasteiger partial charge in [0.05, 0.1) is 23.4 Å². The number of halogens is 2. The highest BCUT2D eigenvalue weighted by molar-refractivity contribution is 14.1. The molecule has 1 aromatic carbocycles. The number of aromatic nitrogens is 4. The maximum absolute atomic E-state index is 13.5. The van der Waals surface area contributed by atoms with Crippen LogP contribution in [0.15, 0.2) is 41.6 Å². The van der Waals surface area contributed by atoms with Crippen molar-refractivity contribution in [1.29, 1.82) is 0 Å². The molecule has 0 bridgehead atoms. The van der Waals surface area contributed by atoms with E-state index in [1.165, 1.54) is 3.97 Å². The number of fused-ring (bicyclic) bond motifs is 1. The first-order chi connectivity index (χ1) is 17.2. The van der Waals surface area contributed by atoms with E-state index in [1.54, 1.807) is 48.7 Å². The molecule has 0 unspecified atom stereocenters. The Kier molecular flexibility index (Phi) is 8.09. The first-order valence-corrected chi connectivity index (χ1v) is 18.2. The molecule has 0 aliphatic rings. The van der Waals surface area contributed by atoms with Crippen molar-refractivity contribution in [3.8, 4) is 0 Å². The molecule has 0 aliphatic heterocycles. The molecule has 0 saturated heterocycles. The molecule has 4 aromatic rings. The summed E-state index contributed by atoms with van der Waals surface area (Å²) < 4.78 is 35.2. The SMILES string of the molecule is Cc1ccccc1S(=O)(=O)n1cc(I)c2c(NCc3ncc(CO[Si](C)(C)C(C)(C)C)s3)nc(Cl)nc21. The Morgan fingerprint density at radius 3 is 2.59 bits per heavy atom. The zero-order chi connectivity index (χ0) is 27.2. The smallest absolute Gasteiger partial charge is 0.269 e. The molecule has 3 heterocycles. The number of nitrogens with one attached hydrogen (secondary N) is 1. The summed E-state index contributed by atoms with van der Waals surface area (Å²) in [7, 11) is -5.74. The maximum Gasteiger partial charge on any atom is 0.269 e. The lowest BCUT2D eigenvalue weighted by Gasteiger charge is -2.35. The van der Waals surface area contributed by atoms with Crippen LogP contribution in [0.4, 0.5) is 5.82 Å². The molecule has 8 nitrogen and oxygen atoms in total. The van der Waals surface area contributed by atoms with Crippen molar-refractivity contribution in [3.05, 3.63) is 61.0 Å². The molecule has 0 saturated carbocycles. The van der Waals surface area contributed by atoms with Crippen LogP contribution in [0.2, 0.25) is 23.4 Å². The van der Waals surface area contributed by atoms with Crippen molar-refractivity contribution in [2.45, 2.75) is 63.9 Å². The Hall–Kier alpha value is -1.58. The predicted octanol–water partition coefficient (Wildman–Crippen LogP) is 6.83. The Morgan fingerprint density at radius 2 is 1.92 bits per heavy atom. The summed E-state index contributed by atoms with van der Waals surface area (Å²) >= 11 is 9.90. The van der Waals surface area contributed by atoms with Crippen LogP contribution in [-0.4, -0.2) is 35.7 Å². The minimum Gasteiger partial charge on any atom is -0.412 e. The average Bonchev–Trinajstić information content (AvgIpc) is 3.40. The normalized spacial score (nSPS) is 12.9. The fourth-order valence-corrected chi connectivity index (χ4v) is 7.92. The van der Waals surface area contributed by atoms with Crippen molar-refractivity contribution in [2.75, 3.05) is 5.32 Å². The van der Waals surface area contributed by atoms with E-state index in [0.29, 0.717) is 33.5 Å². The van der Waals surface area contributed by atoms with Gasteiger partial charge in [-0.25, -0.2) is 17.4 Å². The second-order valence-electron chi connectivity index (χ2n) is 10.2. The fraction of sp³-hybridized carbons (Fsp3) is 0.375. The number of thiazole rings is 1. The van der Waals surface area contributed by atoms with Crippen LogP contribution in [0.5, 0.6) is 0 Å². The molecule has 4 rings (SSSR count). The number of hydrogen-bond donors (Lipinski definition) is 1. The van der Waals surface area contributed by atoms with Gasteiger partial charge < -0.3 is 9.74 Å². The zero-order valence-corrected chi connectivity index (χ0v) is 27.0. The minimum absolute atomic E-state index is 0.0478. The molecule has 198 valence electrons. The third-order valence-electron chi connectivity index (χ3n) is 6.56. The van der Waals surface area contributed by atoms with E-state index >= 15 is 0 Å². The average molecular weight is 690 g/mol. The lowest BCUT2D eigenvalue weighted by Crippen LogP contribution is -2.40. The van der Waals surface area contributed by atoms with E-state index in [9.17, 15) is 8.42 Å². The summed E-state index contributed by atoms with van der Waals surface area (Å²) in [6, 6.07) is 6.85. The minimum atomic E-state index is -3.89. The monoisotopic (exact) mass is 689 g/mol. The summed E-state index contributed by atoms with van der Waals surface area (Å²) in [5.41, 5.74) is 0.868. The van der Waals surface area contributed by atoms with Crippen molar-refractivity contribution in [3.63, 3.8) is 0 Å². The quantitative estimate of drug-likeness (QED) is 0.123. The summed E-state index contributed by atoms with van der Waals surface area (Å²) in [4.78, 5) is 14.4. The maximum atomic E-state index is 13.5. The first kappa shape index (κ1) is 28.4. The van der Waals surface area contributed by atoms with Gasteiger partial charge in [-0.15, -0.1) is 11.3 Å². The topological polar surface area (TPSA) is 99.0 Å². The highest BCUT2D eigenvalue weighted by Gasteiger charge is 2.37. The summed E-state index contributed by atoms with van der Waals surface area (Å²) in [5, 5.41) is 4.81. The van der Waals surface area contributed by atoms with Crippen LogP contribution < -0.4 is 5.32 Å². The van der Waals surface area contributed by atoms with Crippen molar-refractivity contribution in [2.24, 2.45) is 0 Å². The number of aryl methyl sites for hydroxylation is 1. The molecule has 37 heavy (non-hydrogen) atoms. The molecule has 0 radical (unpaired) electrons. The predicted molar refractivity (Wildman–Crippen MR) is 160 cm³/mol. The highest BCUT2D eigenvalue weighted by atomic mass is 127. The van der Waals surface area contributed by atoms with E-state index in [2.05, 4.69) is 76.7 Å². The third kappa shape index (κ3) is 5.88. The van der Waals surface area contributed by atoms with E-state index in [-0.39, 0.29) is 20.9 Å². The number of nitrogens with zero attached hydrogens (tertiary/aromatic N) is 4. The Balaban J connectivity index is 1.59. The van der Waals surface area contributed by atoms with Crippen LogP contribution in [-0.2, 0) is 27.6 Å². The van der Waals surface area contributed by atoms with Crippen molar-refractivity contribution in [1.82, 2.24) is 18.9 Å². The van der Waals surface area contributed by atoms with Gasteiger partial charge in [-0.2, -0.15) is 9.97 Å². The third-order valence-corrected chi connectivity index (χ3v) is 14.8. The van der Waals surface area contributed by atoms with Crippen LogP contribution in [0.25, 0.3) is 11.0 Å². The fourth-order valence-electron chi connectivity index (χ4n) is 3.42. The van der Waals surface area contributed by atoms with Gasteiger partial charge in [-0.3, -0.25) is 0 Å². The lowest BCUT2D eigenvalue weighted by atomic mass is 10.2. The molecule has 0 spiro atoms.